The number of fused-ring (bicyclic) bond motifs is 1. The molecule has 2 unspecified atom stereocenters. The molecule has 40 heavy (non-hydrogen) atoms. The van der Waals surface area contributed by atoms with Crippen molar-refractivity contribution in [2.75, 3.05) is 25.1 Å². The highest BCUT2D eigenvalue weighted by atomic mass is 16.5. The van der Waals surface area contributed by atoms with Gasteiger partial charge in [-0.05, 0) is 49.7 Å². The highest BCUT2D eigenvalue weighted by Crippen LogP contribution is 2.39. The van der Waals surface area contributed by atoms with Crippen LogP contribution in [0.4, 0.5) is 5.82 Å². The number of Topliss-reactive ketones (excluding diaryl/α,β-unsaturated/α-hetero) is 1. The Morgan fingerprint density at radius 1 is 0.950 bits per heavy atom. The fourth-order valence-electron chi connectivity index (χ4n) is 5.52. The van der Waals surface area contributed by atoms with Gasteiger partial charge in [0, 0.05) is 66.1 Å². The minimum atomic E-state index is -0.399. The number of hydrogen-bond acceptors (Lipinski definition) is 7. The normalized spacial score (nSPS) is 17.0. The van der Waals surface area contributed by atoms with Crippen LogP contribution in [0.15, 0.2) is 67.0 Å². The van der Waals surface area contributed by atoms with Crippen LogP contribution < -0.4 is 9.64 Å². The second kappa shape index (κ2) is 11.1. The van der Waals surface area contributed by atoms with Gasteiger partial charge in [0.25, 0.3) is 5.91 Å². The number of piperazine rings is 1. The zero-order valence-electron chi connectivity index (χ0n) is 23.1. The van der Waals surface area contributed by atoms with Crippen LogP contribution in [0.3, 0.4) is 0 Å². The molecule has 0 aliphatic carbocycles. The average Bonchev–Trinajstić information content (AvgIpc) is 2.99. The SMILES string of the molecule is CCC(=O)C(=O)N1C(C)CN(c2ccc(-c3cnc4c(-c5ccc(C#N)cc5)cccc4c3OC)cn2)CC1C. The van der Waals surface area contributed by atoms with Gasteiger partial charge in [0.1, 0.15) is 11.6 Å². The number of nitrogens with zero attached hydrogens (tertiary/aromatic N) is 5. The van der Waals surface area contributed by atoms with Gasteiger partial charge >= 0.3 is 0 Å². The van der Waals surface area contributed by atoms with Crippen LogP contribution in [-0.2, 0) is 9.59 Å². The first-order chi connectivity index (χ1) is 19.4. The van der Waals surface area contributed by atoms with Crippen molar-refractivity contribution in [3.8, 4) is 34.1 Å². The molecule has 2 aromatic carbocycles. The Hall–Kier alpha value is -4.77. The molecule has 202 valence electrons. The van der Waals surface area contributed by atoms with E-state index in [2.05, 4.69) is 11.0 Å². The van der Waals surface area contributed by atoms with E-state index in [1.165, 1.54) is 0 Å². The predicted octanol–water partition coefficient (Wildman–Crippen LogP) is 5.25. The topological polar surface area (TPSA) is 99.4 Å². The smallest absolute Gasteiger partial charge is 0.290 e. The number of aromatic nitrogens is 2. The molecule has 0 N–H and O–H groups in total. The third kappa shape index (κ3) is 4.87. The summed E-state index contributed by atoms with van der Waals surface area (Å²) in [4.78, 5) is 38.0. The summed E-state index contributed by atoms with van der Waals surface area (Å²) in [5.41, 5.74) is 5.07. The number of methoxy groups -OCH3 is 1. The average molecular weight is 534 g/mol. The van der Waals surface area contributed by atoms with Crippen LogP contribution >= 0.6 is 0 Å². The van der Waals surface area contributed by atoms with E-state index in [0.29, 0.717) is 24.4 Å². The molecule has 1 fully saturated rings. The lowest BCUT2D eigenvalue weighted by Gasteiger charge is -2.44. The van der Waals surface area contributed by atoms with E-state index in [-0.39, 0.29) is 24.3 Å². The lowest BCUT2D eigenvalue weighted by molar-refractivity contribution is -0.148. The number of ether oxygens (including phenoxy) is 1. The molecule has 8 heteroatoms. The van der Waals surface area contributed by atoms with Gasteiger partial charge in [0.05, 0.1) is 24.3 Å². The lowest BCUT2D eigenvalue weighted by Crippen LogP contribution is -2.60. The molecule has 0 saturated carbocycles. The molecule has 5 rings (SSSR count). The number of anilines is 1. The summed E-state index contributed by atoms with van der Waals surface area (Å²) in [6.07, 6.45) is 3.84. The van der Waals surface area contributed by atoms with Crippen LogP contribution in [0.5, 0.6) is 5.75 Å². The molecule has 0 radical (unpaired) electrons. The number of hydrogen-bond donors (Lipinski definition) is 0. The Balaban J connectivity index is 1.43. The summed E-state index contributed by atoms with van der Waals surface area (Å²) < 4.78 is 5.89. The molecule has 1 saturated heterocycles. The van der Waals surface area contributed by atoms with Crippen molar-refractivity contribution in [1.82, 2.24) is 14.9 Å². The fourth-order valence-corrected chi connectivity index (χ4v) is 5.52. The number of nitriles is 1. The highest BCUT2D eigenvalue weighted by Gasteiger charge is 2.35. The Morgan fingerprint density at radius 2 is 1.65 bits per heavy atom. The van der Waals surface area contributed by atoms with Crippen molar-refractivity contribution >= 4 is 28.4 Å². The van der Waals surface area contributed by atoms with Gasteiger partial charge in [-0.2, -0.15) is 5.26 Å². The van der Waals surface area contributed by atoms with E-state index < -0.39 is 5.91 Å². The molecule has 1 amide bonds. The van der Waals surface area contributed by atoms with Crippen molar-refractivity contribution < 1.29 is 14.3 Å². The molecule has 2 aromatic heterocycles. The Kier molecular flexibility index (Phi) is 7.47. The molecule has 1 aliphatic heterocycles. The zero-order valence-corrected chi connectivity index (χ0v) is 23.1. The largest absolute Gasteiger partial charge is 0.495 e. The monoisotopic (exact) mass is 533 g/mol. The van der Waals surface area contributed by atoms with Crippen molar-refractivity contribution in [3.05, 3.63) is 72.6 Å². The Morgan fingerprint density at radius 3 is 2.25 bits per heavy atom. The minimum Gasteiger partial charge on any atom is -0.495 e. The molecular formula is C32H31N5O3. The summed E-state index contributed by atoms with van der Waals surface area (Å²) >= 11 is 0. The van der Waals surface area contributed by atoms with Gasteiger partial charge in [-0.25, -0.2) is 4.98 Å². The van der Waals surface area contributed by atoms with Crippen molar-refractivity contribution in [3.63, 3.8) is 0 Å². The van der Waals surface area contributed by atoms with Crippen LogP contribution in [0, 0.1) is 11.3 Å². The second-order valence-corrected chi connectivity index (χ2v) is 10.1. The summed E-state index contributed by atoms with van der Waals surface area (Å²) in [6.45, 7) is 6.84. The van der Waals surface area contributed by atoms with Gasteiger partial charge in [-0.3, -0.25) is 14.6 Å². The molecule has 0 bridgehead atoms. The van der Waals surface area contributed by atoms with Gasteiger partial charge in [-0.1, -0.05) is 31.2 Å². The Bertz CT molecular complexity index is 1600. The number of amides is 1. The zero-order chi connectivity index (χ0) is 28.4. The predicted molar refractivity (Wildman–Crippen MR) is 155 cm³/mol. The number of benzene rings is 2. The maximum absolute atomic E-state index is 12.6. The lowest BCUT2D eigenvalue weighted by atomic mass is 9.98. The van der Waals surface area contributed by atoms with E-state index in [0.717, 1.165) is 39.0 Å². The number of para-hydroxylation sites is 1. The van der Waals surface area contributed by atoms with Gasteiger partial charge in [0.2, 0.25) is 5.78 Å². The van der Waals surface area contributed by atoms with E-state index >= 15 is 0 Å². The molecule has 8 nitrogen and oxygen atoms in total. The number of carbonyl (C=O) groups excluding carboxylic acids is 2. The van der Waals surface area contributed by atoms with Crippen molar-refractivity contribution in [2.45, 2.75) is 39.3 Å². The van der Waals surface area contributed by atoms with E-state index in [1.807, 2.05) is 68.7 Å². The van der Waals surface area contributed by atoms with Crippen LogP contribution in [0.25, 0.3) is 33.2 Å². The van der Waals surface area contributed by atoms with Gasteiger partial charge < -0.3 is 14.5 Å². The first-order valence-electron chi connectivity index (χ1n) is 13.4. The van der Waals surface area contributed by atoms with E-state index in [9.17, 15) is 9.59 Å². The first-order valence-corrected chi connectivity index (χ1v) is 13.4. The quantitative estimate of drug-likeness (QED) is 0.312. The number of rotatable bonds is 6. The summed E-state index contributed by atoms with van der Waals surface area (Å²) in [5, 5.41) is 10.0. The molecule has 0 spiro atoms. The standard InChI is InChI=1S/C32H31N5O3/c1-5-28(38)32(39)37-20(2)18-36(19-21(37)3)29-14-13-24(16-34-29)27-17-35-30-25(7-6-8-26(30)31(27)40-4)23-11-9-22(15-33)10-12-23/h6-14,16-17,20-21H,5,18-19H2,1-4H3. The first kappa shape index (κ1) is 26.8. The van der Waals surface area contributed by atoms with Crippen LogP contribution in [0.1, 0.15) is 32.8 Å². The number of ketones is 1. The van der Waals surface area contributed by atoms with Crippen LogP contribution in [0.2, 0.25) is 0 Å². The molecule has 1 aliphatic rings. The van der Waals surface area contributed by atoms with E-state index in [1.54, 1.807) is 31.1 Å². The van der Waals surface area contributed by atoms with Gasteiger partial charge in [-0.15, -0.1) is 0 Å². The van der Waals surface area contributed by atoms with Crippen LogP contribution in [-0.4, -0.2) is 58.8 Å². The van der Waals surface area contributed by atoms with E-state index in [4.69, 9.17) is 20.0 Å². The molecule has 4 aromatic rings. The molecular weight excluding hydrogens is 502 g/mol. The third-order valence-electron chi connectivity index (χ3n) is 7.47. The fraction of sp³-hybridized carbons (Fsp3) is 0.281. The maximum atomic E-state index is 12.6. The van der Waals surface area contributed by atoms with Crippen molar-refractivity contribution in [2.24, 2.45) is 0 Å². The summed E-state index contributed by atoms with van der Waals surface area (Å²) in [5.74, 6) is 0.775. The molecule has 2 atom stereocenters. The van der Waals surface area contributed by atoms with Crippen molar-refractivity contribution in [1.29, 1.82) is 5.26 Å². The number of pyridine rings is 2. The highest BCUT2D eigenvalue weighted by molar-refractivity contribution is 6.36. The summed E-state index contributed by atoms with van der Waals surface area (Å²) in [6, 6.07) is 19.4. The maximum Gasteiger partial charge on any atom is 0.290 e. The second-order valence-electron chi connectivity index (χ2n) is 10.1. The Labute approximate surface area is 233 Å². The van der Waals surface area contributed by atoms with Gasteiger partial charge in [0.15, 0.2) is 0 Å². The minimum absolute atomic E-state index is 0.108. The number of carbonyl (C=O) groups is 2. The summed E-state index contributed by atoms with van der Waals surface area (Å²) in [7, 11) is 1.65. The molecule has 3 heterocycles. The third-order valence-corrected chi connectivity index (χ3v) is 7.47.